The maximum absolute atomic E-state index is 13.2. The Morgan fingerprint density at radius 2 is 1.81 bits per heavy atom. The molecule has 3 atom stereocenters. The molecule has 1 saturated carbocycles. The van der Waals surface area contributed by atoms with Crippen LogP contribution in [0.5, 0.6) is 5.75 Å². The third kappa shape index (κ3) is 4.18. The summed E-state index contributed by atoms with van der Waals surface area (Å²) in [4.78, 5) is 29.6. The fourth-order valence-electron chi connectivity index (χ4n) is 4.91. The van der Waals surface area contributed by atoms with Crippen molar-refractivity contribution in [3.63, 3.8) is 0 Å². The maximum Gasteiger partial charge on any atom is 0.230 e. The third-order valence-corrected chi connectivity index (χ3v) is 6.87. The predicted molar refractivity (Wildman–Crippen MR) is 122 cm³/mol. The lowest BCUT2D eigenvalue weighted by molar-refractivity contribution is -0.140. The van der Waals surface area contributed by atoms with E-state index in [2.05, 4.69) is 31.2 Å². The predicted octanol–water partition coefficient (Wildman–Crippen LogP) is 3.87. The molecule has 1 aliphatic carbocycles. The van der Waals surface area contributed by atoms with E-state index in [1.165, 1.54) is 0 Å². The Kier molecular flexibility index (Phi) is 5.78. The van der Waals surface area contributed by atoms with E-state index in [9.17, 15) is 9.59 Å². The minimum Gasteiger partial charge on any atom is -0.496 e. The van der Waals surface area contributed by atoms with E-state index < -0.39 is 5.41 Å². The van der Waals surface area contributed by atoms with Crippen LogP contribution >= 0.6 is 0 Å². The largest absolute Gasteiger partial charge is 0.496 e. The molecular formula is C26H32N2O3. The van der Waals surface area contributed by atoms with Gasteiger partial charge < -0.3 is 14.5 Å². The second-order valence-electron chi connectivity index (χ2n) is 9.38. The molecule has 2 aromatic rings. The lowest BCUT2D eigenvalue weighted by atomic mass is 9.79. The van der Waals surface area contributed by atoms with Crippen molar-refractivity contribution in [3.05, 3.63) is 54.1 Å². The molecule has 164 valence electrons. The van der Waals surface area contributed by atoms with Crippen molar-refractivity contribution in [2.45, 2.75) is 26.2 Å². The van der Waals surface area contributed by atoms with Crippen LogP contribution in [0.3, 0.4) is 0 Å². The van der Waals surface area contributed by atoms with Crippen LogP contribution in [0.25, 0.3) is 11.1 Å². The van der Waals surface area contributed by atoms with Crippen LogP contribution < -0.4 is 4.74 Å². The van der Waals surface area contributed by atoms with E-state index in [4.69, 9.17) is 4.74 Å². The minimum absolute atomic E-state index is 0.112. The molecule has 2 amide bonds. The van der Waals surface area contributed by atoms with Crippen LogP contribution in [-0.4, -0.2) is 55.9 Å². The third-order valence-electron chi connectivity index (χ3n) is 6.87. The van der Waals surface area contributed by atoms with Gasteiger partial charge in [0.05, 0.1) is 12.5 Å². The number of benzene rings is 2. The van der Waals surface area contributed by atoms with Gasteiger partial charge in [0.15, 0.2) is 0 Å². The van der Waals surface area contributed by atoms with Gasteiger partial charge in [-0.05, 0) is 42.4 Å². The maximum atomic E-state index is 13.2. The zero-order valence-corrected chi connectivity index (χ0v) is 18.9. The fraction of sp³-hybridized carbons (Fsp3) is 0.462. The van der Waals surface area contributed by atoms with Crippen LogP contribution in [-0.2, 0) is 16.0 Å². The highest BCUT2D eigenvalue weighted by Gasteiger charge is 2.50. The van der Waals surface area contributed by atoms with E-state index in [0.717, 1.165) is 28.9 Å². The van der Waals surface area contributed by atoms with Gasteiger partial charge >= 0.3 is 0 Å². The molecule has 0 radical (unpaired) electrons. The molecule has 31 heavy (non-hydrogen) atoms. The molecule has 2 aliphatic rings. The SMILES string of the molecule is COc1ccccc1-c1ccc(C[C@]2(C(=O)N(C)C)CCN(C(=O)[C@H]3C[C@H]3C)C2)cc1. The molecule has 5 heteroatoms. The number of hydrogen-bond acceptors (Lipinski definition) is 3. The summed E-state index contributed by atoms with van der Waals surface area (Å²) in [5, 5.41) is 0. The van der Waals surface area contributed by atoms with Crippen molar-refractivity contribution < 1.29 is 14.3 Å². The molecule has 0 bridgehead atoms. The average Bonchev–Trinajstić information content (AvgIpc) is 3.36. The summed E-state index contributed by atoms with van der Waals surface area (Å²) >= 11 is 0. The highest BCUT2D eigenvalue weighted by molar-refractivity contribution is 5.87. The first-order chi connectivity index (χ1) is 14.8. The van der Waals surface area contributed by atoms with Crippen LogP contribution in [0.4, 0.5) is 0 Å². The summed E-state index contributed by atoms with van der Waals surface area (Å²) in [7, 11) is 5.30. The number of carbonyl (C=O) groups excluding carboxylic acids is 2. The van der Waals surface area contributed by atoms with Crippen molar-refractivity contribution >= 4 is 11.8 Å². The summed E-state index contributed by atoms with van der Waals surface area (Å²) in [5.41, 5.74) is 2.69. The first-order valence-electron chi connectivity index (χ1n) is 11.1. The van der Waals surface area contributed by atoms with E-state index in [0.29, 0.717) is 31.8 Å². The molecule has 2 aromatic carbocycles. The Morgan fingerprint density at radius 3 is 2.42 bits per heavy atom. The zero-order valence-electron chi connectivity index (χ0n) is 18.9. The number of hydrogen-bond donors (Lipinski definition) is 0. The van der Waals surface area contributed by atoms with Crippen molar-refractivity contribution in [1.82, 2.24) is 9.80 Å². The van der Waals surface area contributed by atoms with Gasteiger partial charge in [0, 0.05) is 38.7 Å². The van der Waals surface area contributed by atoms with Crippen LogP contribution in [0.1, 0.15) is 25.3 Å². The first kappa shape index (κ1) is 21.4. The molecule has 5 nitrogen and oxygen atoms in total. The van der Waals surface area contributed by atoms with Crippen molar-refractivity contribution in [2.75, 3.05) is 34.3 Å². The van der Waals surface area contributed by atoms with Gasteiger partial charge in [-0.1, -0.05) is 49.4 Å². The summed E-state index contributed by atoms with van der Waals surface area (Å²) in [6.45, 7) is 3.31. The second kappa shape index (κ2) is 8.37. The number of carbonyl (C=O) groups is 2. The Bertz CT molecular complexity index is 969. The quantitative estimate of drug-likeness (QED) is 0.713. The standard InChI is InChI=1S/C26H32N2O3/c1-18-15-22(18)24(29)28-14-13-26(17-28,25(30)27(2)3)16-19-9-11-20(12-10-19)21-7-5-6-8-23(21)31-4/h5-12,18,22H,13-17H2,1-4H3/t18-,22+,26-/m1/s1. The molecule has 2 fully saturated rings. The Morgan fingerprint density at radius 1 is 1.13 bits per heavy atom. The first-order valence-corrected chi connectivity index (χ1v) is 11.1. The van der Waals surface area contributed by atoms with Gasteiger partial charge in [-0.15, -0.1) is 0 Å². The molecule has 1 saturated heterocycles. The summed E-state index contributed by atoms with van der Waals surface area (Å²) in [6.07, 6.45) is 2.33. The van der Waals surface area contributed by atoms with Crippen LogP contribution in [0, 0.1) is 17.3 Å². The number of ether oxygens (including phenoxy) is 1. The average molecular weight is 421 g/mol. The van der Waals surface area contributed by atoms with E-state index in [1.54, 1.807) is 12.0 Å². The highest BCUT2D eigenvalue weighted by Crippen LogP contribution is 2.43. The lowest BCUT2D eigenvalue weighted by Crippen LogP contribution is -2.45. The number of amides is 2. The number of rotatable bonds is 6. The number of likely N-dealkylation sites (tertiary alicyclic amines) is 1. The van der Waals surface area contributed by atoms with Gasteiger partial charge in [0.2, 0.25) is 11.8 Å². The van der Waals surface area contributed by atoms with Gasteiger partial charge in [0.25, 0.3) is 0 Å². The lowest BCUT2D eigenvalue weighted by Gasteiger charge is -2.31. The molecule has 1 heterocycles. The zero-order chi connectivity index (χ0) is 22.2. The van der Waals surface area contributed by atoms with Gasteiger partial charge in [0.1, 0.15) is 5.75 Å². The van der Waals surface area contributed by atoms with Gasteiger partial charge in [-0.25, -0.2) is 0 Å². The minimum atomic E-state index is -0.552. The summed E-state index contributed by atoms with van der Waals surface area (Å²) in [6, 6.07) is 16.3. The molecular weight excluding hydrogens is 388 g/mol. The fourth-order valence-corrected chi connectivity index (χ4v) is 4.91. The topological polar surface area (TPSA) is 49.9 Å². The van der Waals surface area contributed by atoms with E-state index >= 15 is 0 Å². The molecule has 0 N–H and O–H groups in total. The van der Waals surface area contributed by atoms with Gasteiger partial charge in [-0.2, -0.15) is 0 Å². The molecule has 0 unspecified atom stereocenters. The van der Waals surface area contributed by atoms with Crippen molar-refractivity contribution in [2.24, 2.45) is 17.3 Å². The Balaban J connectivity index is 1.55. The van der Waals surface area contributed by atoms with E-state index in [1.807, 2.05) is 43.3 Å². The number of methoxy groups -OCH3 is 1. The van der Waals surface area contributed by atoms with E-state index in [-0.39, 0.29) is 17.7 Å². The second-order valence-corrected chi connectivity index (χ2v) is 9.38. The smallest absolute Gasteiger partial charge is 0.230 e. The van der Waals surface area contributed by atoms with Crippen LogP contribution in [0.2, 0.25) is 0 Å². The van der Waals surface area contributed by atoms with Crippen molar-refractivity contribution in [3.8, 4) is 16.9 Å². The number of para-hydroxylation sites is 1. The molecule has 0 aromatic heterocycles. The Hall–Kier alpha value is -2.82. The summed E-state index contributed by atoms with van der Waals surface area (Å²) < 4.78 is 5.49. The van der Waals surface area contributed by atoms with Crippen molar-refractivity contribution in [1.29, 1.82) is 0 Å². The summed E-state index contributed by atoms with van der Waals surface area (Å²) in [5.74, 6) is 1.82. The normalized spacial score (nSPS) is 24.7. The molecule has 0 spiro atoms. The highest BCUT2D eigenvalue weighted by atomic mass is 16.5. The Labute approximate surface area is 185 Å². The van der Waals surface area contributed by atoms with Crippen LogP contribution in [0.15, 0.2) is 48.5 Å². The molecule has 1 aliphatic heterocycles. The molecule has 4 rings (SSSR count). The monoisotopic (exact) mass is 420 g/mol. The van der Waals surface area contributed by atoms with Gasteiger partial charge in [-0.3, -0.25) is 9.59 Å². The number of nitrogens with zero attached hydrogens (tertiary/aromatic N) is 2.